The van der Waals surface area contributed by atoms with E-state index in [9.17, 15) is 9.90 Å². The van der Waals surface area contributed by atoms with Gasteiger partial charge < -0.3 is 15.2 Å². The molecule has 0 aromatic heterocycles. The second-order valence-electron chi connectivity index (χ2n) is 4.23. The van der Waals surface area contributed by atoms with E-state index < -0.39 is 6.09 Å². The third-order valence-corrected chi connectivity index (χ3v) is 4.44. The molecule has 0 aliphatic heterocycles. The van der Waals surface area contributed by atoms with E-state index in [2.05, 4.69) is 5.32 Å². The first-order valence-electron chi connectivity index (χ1n) is 5.77. The zero-order valence-electron chi connectivity index (χ0n) is 10.4. The third-order valence-electron chi connectivity index (χ3n) is 2.78. The minimum absolute atomic E-state index is 0.330. The summed E-state index contributed by atoms with van der Waals surface area (Å²) in [5.41, 5.74) is 1.91. The normalized spacial score (nSPS) is 10.5. The van der Waals surface area contributed by atoms with Crippen LogP contribution in [-0.4, -0.2) is 6.09 Å². The molecular formula is C14H8Cl4NO2-. The Kier molecular flexibility index (Phi) is 5.22. The Labute approximate surface area is 141 Å². The van der Waals surface area contributed by atoms with Gasteiger partial charge in [-0.25, -0.2) is 0 Å². The molecule has 0 atom stereocenters. The number of anilines is 1. The van der Waals surface area contributed by atoms with Gasteiger partial charge in [0.1, 0.15) is 6.09 Å². The van der Waals surface area contributed by atoms with Crippen LogP contribution in [0.3, 0.4) is 0 Å². The second kappa shape index (κ2) is 6.75. The Hall–Kier alpha value is -1.13. The van der Waals surface area contributed by atoms with E-state index in [0.29, 0.717) is 37.8 Å². The Balaban J connectivity index is 2.28. The van der Waals surface area contributed by atoms with Crippen LogP contribution in [0, 0.1) is 0 Å². The molecule has 0 unspecified atom stereocenters. The molecule has 7 heteroatoms. The molecule has 0 saturated carbocycles. The molecular weight excluding hydrogens is 356 g/mol. The lowest BCUT2D eigenvalue weighted by Crippen LogP contribution is -2.28. The summed E-state index contributed by atoms with van der Waals surface area (Å²) in [6.07, 6.45) is -0.945. The van der Waals surface area contributed by atoms with Crippen molar-refractivity contribution < 1.29 is 9.90 Å². The molecule has 110 valence electrons. The molecule has 0 radical (unpaired) electrons. The highest BCUT2D eigenvalue weighted by molar-refractivity contribution is 6.48. The van der Waals surface area contributed by atoms with E-state index in [1.807, 2.05) is 0 Å². The molecule has 2 rings (SSSR count). The van der Waals surface area contributed by atoms with Crippen LogP contribution in [0.2, 0.25) is 20.1 Å². The molecule has 2 aromatic carbocycles. The van der Waals surface area contributed by atoms with Crippen molar-refractivity contribution in [2.45, 2.75) is 6.42 Å². The number of carboxylic acid groups (broad SMARTS) is 1. The van der Waals surface area contributed by atoms with E-state index in [4.69, 9.17) is 46.4 Å². The molecule has 0 saturated heterocycles. The van der Waals surface area contributed by atoms with Crippen molar-refractivity contribution in [3.8, 4) is 0 Å². The maximum absolute atomic E-state index is 10.4. The van der Waals surface area contributed by atoms with E-state index >= 15 is 0 Å². The van der Waals surface area contributed by atoms with Crippen LogP contribution >= 0.6 is 46.4 Å². The first-order valence-corrected chi connectivity index (χ1v) is 7.28. The van der Waals surface area contributed by atoms with Crippen LogP contribution in [-0.2, 0) is 6.42 Å². The van der Waals surface area contributed by atoms with Crippen LogP contribution in [0.25, 0.3) is 0 Å². The van der Waals surface area contributed by atoms with E-state index in [-0.39, 0.29) is 0 Å². The number of hydrogen-bond donors (Lipinski definition) is 1. The highest BCUT2D eigenvalue weighted by atomic mass is 35.5. The van der Waals surface area contributed by atoms with Gasteiger partial charge in [-0.2, -0.15) is 0 Å². The Morgan fingerprint density at radius 1 is 1.00 bits per heavy atom. The topological polar surface area (TPSA) is 52.2 Å². The Morgan fingerprint density at radius 2 is 1.52 bits per heavy atom. The van der Waals surface area contributed by atoms with Gasteiger partial charge in [0.25, 0.3) is 0 Å². The summed E-state index contributed by atoms with van der Waals surface area (Å²) in [7, 11) is 0. The fourth-order valence-electron chi connectivity index (χ4n) is 1.81. The van der Waals surface area contributed by atoms with Gasteiger partial charge in [0.2, 0.25) is 0 Å². The van der Waals surface area contributed by atoms with Crippen LogP contribution in [0.15, 0.2) is 30.3 Å². The molecule has 0 spiro atoms. The number of rotatable bonds is 3. The van der Waals surface area contributed by atoms with Crippen LogP contribution in [0.1, 0.15) is 11.1 Å². The van der Waals surface area contributed by atoms with Gasteiger partial charge in [-0.3, -0.25) is 0 Å². The molecule has 0 heterocycles. The SMILES string of the molecule is O=C([O-])Nc1ccc(Cc2c(Cl)c(Cl)cc(Cl)c2Cl)cc1. The minimum atomic E-state index is -1.37. The number of carbonyl (C=O) groups excluding carboxylic acids is 1. The molecule has 21 heavy (non-hydrogen) atoms. The summed E-state index contributed by atoms with van der Waals surface area (Å²) < 4.78 is 0. The number of nitrogens with one attached hydrogen (secondary N) is 1. The molecule has 3 nitrogen and oxygen atoms in total. The van der Waals surface area contributed by atoms with Crippen molar-refractivity contribution >= 4 is 58.2 Å². The van der Waals surface area contributed by atoms with Crippen molar-refractivity contribution in [3.63, 3.8) is 0 Å². The van der Waals surface area contributed by atoms with Crippen LogP contribution in [0.5, 0.6) is 0 Å². The molecule has 0 bridgehead atoms. The third kappa shape index (κ3) is 3.95. The molecule has 2 aromatic rings. The zero-order valence-corrected chi connectivity index (χ0v) is 13.4. The maximum atomic E-state index is 10.4. The number of amides is 1. The van der Waals surface area contributed by atoms with E-state index in [1.165, 1.54) is 6.07 Å². The summed E-state index contributed by atoms with van der Waals surface area (Å²) >= 11 is 24.3. The second-order valence-corrected chi connectivity index (χ2v) is 5.80. The average molecular weight is 364 g/mol. The predicted octanol–water partition coefficient (Wildman–Crippen LogP) is 4.65. The fourth-order valence-corrected chi connectivity index (χ4v) is 2.79. The Bertz CT molecular complexity index is 660. The van der Waals surface area contributed by atoms with Gasteiger partial charge in [0, 0.05) is 12.1 Å². The van der Waals surface area contributed by atoms with Crippen molar-refractivity contribution in [2.24, 2.45) is 0 Å². The van der Waals surface area contributed by atoms with Gasteiger partial charge in [0.05, 0.1) is 20.1 Å². The van der Waals surface area contributed by atoms with Gasteiger partial charge in [0.15, 0.2) is 0 Å². The lowest BCUT2D eigenvalue weighted by Gasteiger charge is -2.11. The number of hydrogen-bond acceptors (Lipinski definition) is 2. The molecule has 1 amide bonds. The lowest BCUT2D eigenvalue weighted by molar-refractivity contribution is -0.242. The van der Waals surface area contributed by atoms with E-state index in [0.717, 1.165) is 5.56 Å². The zero-order chi connectivity index (χ0) is 15.6. The van der Waals surface area contributed by atoms with Crippen molar-refractivity contribution in [3.05, 3.63) is 61.5 Å². The fraction of sp³-hybridized carbons (Fsp3) is 0.0714. The number of halogens is 4. The molecule has 0 aliphatic rings. The van der Waals surface area contributed by atoms with E-state index in [1.54, 1.807) is 24.3 Å². The summed E-state index contributed by atoms with van der Waals surface area (Å²) in [6.45, 7) is 0. The first-order chi connectivity index (χ1) is 9.88. The van der Waals surface area contributed by atoms with Crippen LogP contribution in [0.4, 0.5) is 10.5 Å². The molecule has 0 fully saturated rings. The van der Waals surface area contributed by atoms with Gasteiger partial charge in [-0.1, -0.05) is 58.5 Å². The standard InChI is InChI=1S/C14H9Cl4NO2/c15-10-6-11(16)13(18)9(12(10)17)5-7-1-3-8(4-2-7)19-14(20)21/h1-4,6,19H,5H2,(H,20,21)/p-1. The summed E-state index contributed by atoms with van der Waals surface area (Å²) in [5, 5.41) is 13.9. The quantitative estimate of drug-likeness (QED) is 0.807. The van der Waals surface area contributed by atoms with Crippen molar-refractivity contribution in [2.75, 3.05) is 5.32 Å². The highest BCUT2D eigenvalue weighted by Gasteiger charge is 2.14. The largest absolute Gasteiger partial charge is 0.530 e. The highest BCUT2D eigenvalue weighted by Crippen LogP contribution is 2.38. The molecule has 1 N–H and O–H groups in total. The van der Waals surface area contributed by atoms with Gasteiger partial charge in [-0.15, -0.1) is 0 Å². The number of carbonyl (C=O) groups is 1. The predicted molar refractivity (Wildman–Crippen MR) is 84.7 cm³/mol. The first kappa shape index (κ1) is 16.2. The Morgan fingerprint density at radius 3 is 2.00 bits per heavy atom. The summed E-state index contributed by atoms with van der Waals surface area (Å²) in [4.78, 5) is 10.4. The van der Waals surface area contributed by atoms with Crippen LogP contribution < -0.4 is 10.4 Å². The van der Waals surface area contributed by atoms with Gasteiger partial charge >= 0.3 is 0 Å². The van der Waals surface area contributed by atoms with Crippen molar-refractivity contribution in [1.82, 2.24) is 0 Å². The van der Waals surface area contributed by atoms with Gasteiger partial charge in [-0.05, 0) is 29.3 Å². The summed E-state index contributed by atoms with van der Waals surface area (Å²) in [5.74, 6) is 0. The molecule has 0 aliphatic carbocycles. The maximum Gasteiger partial charge on any atom is 0.138 e. The number of benzene rings is 2. The smallest absolute Gasteiger partial charge is 0.138 e. The monoisotopic (exact) mass is 362 g/mol. The summed E-state index contributed by atoms with van der Waals surface area (Å²) in [6, 6.07) is 8.20. The average Bonchev–Trinajstić information content (AvgIpc) is 2.43. The van der Waals surface area contributed by atoms with Crippen molar-refractivity contribution in [1.29, 1.82) is 0 Å². The lowest BCUT2D eigenvalue weighted by atomic mass is 10.0. The minimum Gasteiger partial charge on any atom is -0.530 e.